The Hall–Kier alpha value is -5.06. The summed E-state index contributed by atoms with van der Waals surface area (Å²) in [5, 5.41) is 76.1. The number of ether oxygens (including phenoxy) is 2. The molecule has 11 rings (SSSR count). The molecule has 0 spiro atoms. The number of aliphatic hydroxyl groups is 6. The predicted octanol–water partition coefficient (Wildman–Crippen LogP) is 31.8. The molecule has 8 heterocycles. The number of aromatic nitrogens is 8. The van der Waals surface area contributed by atoms with Crippen LogP contribution in [0, 0.1) is 105 Å². The van der Waals surface area contributed by atoms with Crippen molar-refractivity contribution in [2.75, 3.05) is 39.6 Å². The van der Waals surface area contributed by atoms with Gasteiger partial charge in [0, 0.05) is 111 Å². The van der Waals surface area contributed by atoms with Gasteiger partial charge in [0.15, 0.2) is 5.76 Å². The molecule has 6 unspecified atom stereocenters. The molecule has 6 atom stereocenters. The Morgan fingerprint density at radius 2 is 0.843 bits per heavy atom. The van der Waals surface area contributed by atoms with Gasteiger partial charge in [0.05, 0.1) is 48.8 Å². The second-order valence-electron chi connectivity index (χ2n) is 55.5. The van der Waals surface area contributed by atoms with Crippen LogP contribution in [0.2, 0.25) is 0 Å². The van der Waals surface area contributed by atoms with Gasteiger partial charge in [0.1, 0.15) is 24.4 Å². The van der Waals surface area contributed by atoms with Crippen molar-refractivity contribution >= 4 is 0 Å². The third kappa shape index (κ3) is 64.8. The number of aryl methyl sites for hydroxylation is 5. The van der Waals surface area contributed by atoms with E-state index in [9.17, 15) is 5.11 Å². The Morgan fingerprint density at radius 1 is 0.421 bits per heavy atom. The zero-order valence-corrected chi connectivity index (χ0v) is 102. The Bertz CT molecular complexity index is 3920. The molecule has 6 N–H and O–H groups in total. The van der Waals surface area contributed by atoms with Crippen LogP contribution in [0.5, 0.6) is 0 Å². The molecule has 3 aliphatic carbocycles. The molecule has 824 valence electrons. The Balaban J connectivity index is -0.000000710. The molecular formula is C120H232N8O12. The van der Waals surface area contributed by atoms with Crippen LogP contribution in [0.3, 0.4) is 0 Å². The van der Waals surface area contributed by atoms with E-state index in [0.717, 1.165) is 153 Å². The van der Waals surface area contributed by atoms with Gasteiger partial charge in [-0.15, -0.1) is 0 Å². The lowest BCUT2D eigenvalue weighted by Crippen LogP contribution is -2.27. The highest BCUT2D eigenvalue weighted by Crippen LogP contribution is 2.45. The van der Waals surface area contributed by atoms with E-state index in [0.29, 0.717) is 68.2 Å². The first kappa shape index (κ1) is 141. The maximum atomic E-state index is 9.29. The summed E-state index contributed by atoms with van der Waals surface area (Å²) >= 11 is 0. The summed E-state index contributed by atoms with van der Waals surface area (Å²) in [6.45, 7) is 117. The van der Waals surface area contributed by atoms with E-state index >= 15 is 0 Å². The standard InChI is InChI=1S/C10H17NO.C10H20O.C9H16N2O.C9H18O.C8H14N2.C8H13NO2.C8H13NO.C8H16O.C8H18O.2C8H18.C7H11NO.C7H14.C6H12O.C6H14O/c1-6-8-9(10(3,4)5)7(2)11-12-8;1-10(2,3)8-4-6-9(11)7-5-8;1-9(2,3)8-5-7(6-12)10-11(8)4;1-9(2,3)8-4-6-10-7-5-8;1-8(2,3)7-5-6-9-10(7)4;1-8(2,3)6-4-9-11-7(6)5-10;1-6-7(5-9-10-6)8(2,3)4;1-8(2,3)7-4-5-9-6-7;1-7(5-6-9)8(2,3)4;2*1-6-7(2)8(3,4)5;1-7(2,3)6-4-8-9-5-6;1-7(2,3)6-4-5-6;1-5-2-3-6(7)4-5;1-6(2,3)4-5-7/h6H2,1-5H3;8-9,11H,4-7H2,1-3H3;5,12H,6H2,1-4H3;8H,4-7H2,1-3H3;5-6H,1-4H3;4,10H,5H2,1-3H3;5H,1-4H3;7H,4-6H2,1-3H3;7,9H,5-6H2,1-4H3;2*7H,6H2,1-5H3;4-5H,1-3H3;6H,4-5H2,1-3H3;5-7H,2-4H2,1H3;7H,4-5H2,1-3H3. The summed E-state index contributed by atoms with van der Waals surface area (Å²) in [4.78, 5) is 0. The lowest BCUT2D eigenvalue weighted by molar-refractivity contribution is 0.0286. The van der Waals surface area contributed by atoms with Gasteiger partial charge < -0.3 is 58.2 Å². The van der Waals surface area contributed by atoms with Gasteiger partial charge in [-0.05, 0) is 228 Å². The smallest absolute Gasteiger partial charge is 0.165 e. The second-order valence-corrected chi connectivity index (χ2v) is 55.5. The fraction of sp³-hybridized carbons (Fsp3) is 0.850. The fourth-order valence-electron chi connectivity index (χ4n) is 15.7. The quantitative estimate of drug-likeness (QED) is 0.0826. The maximum absolute atomic E-state index is 9.29. The van der Waals surface area contributed by atoms with Crippen molar-refractivity contribution < 1.29 is 58.2 Å². The summed E-state index contributed by atoms with van der Waals surface area (Å²) in [6, 6.07) is 4.00. The van der Waals surface area contributed by atoms with Crippen molar-refractivity contribution in [3.8, 4) is 0 Å². The van der Waals surface area contributed by atoms with Crippen LogP contribution in [-0.4, -0.2) is 123 Å². The Kier molecular flexibility index (Phi) is 64.8. The third-order valence-corrected chi connectivity index (χ3v) is 28.0. The summed E-state index contributed by atoms with van der Waals surface area (Å²) in [7, 11) is 3.88. The summed E-state index contributed by atoms with van der Waals surface area (Å²) in [6.07, 6.45) is 28.5. The molecule has 5 aliphatic rings. The number of nitrogens with zero attached hydrogens (tertiary/aromatic N) is 8. The Labute approximate surface area is 863 Å². The zero-order valence-electron chi connectivity index (χ0n) is 102. The largest absolute Gasteiger partial charge is 0.396 e. The molecule has 20 heteroatoms. The monoisotopic (exact) mass is 1980 g/mol. The molecule has 6 aromatic rings. The van der Waals surface area contributed by atoms with Gasteiger partial charge in [0.2, 0.25) is 0 Å². The molecule has 2 aliphatic heterocycles. The molecule has 5 fully saturated rings. The number of aliphatic hydroxyl groups excluding tert-OH is 6. The summed E-state index contributed by atoms with van der Waals surface area (Å²) in [5.41, 5.74) is 13.2. The van der Waals surface area contributed by atoms with Crippen LogP contribution < -0.4 is 0 Å². The fourth-order valence-corrected chi connectivity index (χ4v) is 15.7. The van der Waals surface area contributed by atoms with Crippen LogP contribution in [0.1, 0.15) is 504 Å². The topological polar surface area (TPSA) is 280 Å². The molecule has 6 aromatic heterocycles. The van der Waals surface area contributed by atoms with Crippen molar-refractivity contribution in [3.63, 3.8) is 0 Å². The van der Waals surface area contributed by atoms with Crippen molar-refractivity contribution in [2.24, 2.45) is 105 Å². The van der Waals surface area contributed by atoms with E-state index in [1.807, 2.05) is 49.6 Å². The number of rotatable bonds is 8. The molecule has 0 radical (unpaired) electrons. The van der Waals surface area contributed by atoms with E-state index in [4.69, 9.17) is 53.1 Å². The zero-order chi connectivity index (χ0) is 110. The van der Waals surface area contributed by atoms with Gasteiger partial charge in [0.25, 0.3) is 0 Å². The van der Waals surface area contributed by atoms with E-state index < -0.39 is 0 Å². The first-order chi connectivity index (χ1) is 63.2. The maximum Gasteiger partial charge on any atom is 0.165 e. The minimum absolute atomic E-state index is 0.00192. The highest BCUT2D eigenvalue weighted by Gasteiger charge is 2.35. The van der Waals surface area contributed by atoms with E-state index in [1.54, 1.807) is 24.9 Å². The lowest BCUT2D eigenvalue weighted by atomic mass is 9.72. The highest BCUT2D eigenvalue weighted by molar-refractivity contribution is 5.29. The second kappa shape index (κ2) is 64.3. The molecule has 140 heavy (non-hydrogen) atoms. The van der Waals surface area contributed by atoms with Gasteiger partial charge >= 0.3 is 0 Å². The van der Waals surface area contributed by atoms with Crippen molar-refractivity contribution in [1.29, 1.82) is 0 Å². The molecule has 0 aromatic carbocycles. The average Bonchev–Trinajstić information content (AvgIpc) is 1.68. The lowest BCUT2D eigenvalue weighted by Gasteiger charge is -2.35. The molecule has 0 amide bonds. The molecule has 0 bridgehead atoms. The van der Waals surface area contributed by atoms with Crippen LogP contribution in [0.15, 0.2) is 61.3 Å². The molecule has 3 saturated carbocycles. The third-order valence-electron chi connectivity index (χ3n) is 28.0. The van der Waals surface area contributed by atoms with Crippen molar-refractivity contribution in [3.05, 3.63) is 105 Å². The highest BCUT2D eigenvalue weighted by atomic mass is 16.5. The normalized spacial score (nSPS) is 18.4. The molecular weight excluding hydrogens is 1750 g/mol. The predicted molar refractivity (Wildman–Crippen MR) is 595 cm³/mol. The Morgan fingerprint density at radius 3 is 1.04 bits per heavy atom. The van der Waals surface area contributed by atoms with Crippen LogP contribution in [0.4, 0.5) is 0 Å². The molecule has 20 nitrogen and oxygen atoms in total. The number of hydrogen-bond acceptors (Lipinski definition) is 18. The van der Waals surface area contributed by atoms with Crippen molar-refractivity contribution in [2.45, 2.75) is 520 Å². The van der Waals surface area contributed by atoms with Crippen LogP contribution in [-0.2, 0) is 75.7 Å². The first-order valence-corrected chi connectivity index (χ1v) is 53.9. The first-order valence-electron chi connectivity index (χ1n) is 53.9. The van der Waals surface area contributed by atoms with Gasteiger partial charge in [-0.3, -0.25) is 9.36 Å². The SMILES string of the molecule is CC(C)(C)C1CC1.CC(C)(C)C1CCC(O)CC1.CC(C)(C)C1CCOC1.CC(C)(C)C1CCOCC1.CC(C)(C)CCO.CC(C)(C)c1cnoc1.CC(C)(C)c1cnoc1CO.CC(CCO)C(C)(C)C.CC1CCC(O)C1.CCC(C)C(C)(C)C.CCC(C)C(C)(C)C.CCc1onc(C)c1C(C)(C)C.Cc1oncc1C(C)(C)C.Cn1nc(CO)cc1C(C)(C)C.Cn1nccc1C(C)(C)C. The minimum atomic E-state index is -0.0768. The van der Waals surface area contributed by atoms with E-state index in [2.05, 4.69) is 376 Å². The molecule has 2 saturated heterocycles. The number of hydrogen-bond donors (Lipinski definition) is 6. The average molecular weight is 1980 g/mol. The van der Waals surface area contributed by atoms with Crippen molar-refractivity contribution in [1.82, 2.24) is 40.2 Å². The summed E-state index contributed by atoms with van der Waals surface area (Å²) < 4.78 is 34.0. The van der Waals surface area contributed by atoms with Gasteiger partial charge in [-0.1, -0.05) is 373 Å². The van der Waals surface area contributed by atoms with E-state index in [-0.39, 0.29) is 57.9 Å². The minimum Gasteiger partial charge on any atom is -0.396 e. The van der Waals surface area contributed by atoms with E-state index in [1.165, 1.54) is 81.0 Å². The van der Waals surface area contributed by atoms with Crippen LogP contribution >= 0.6 is 0 Å². The van der Waals surface area contributed by atoms with Gasteiger partial charge in [-0.2, -0.15) is 10.2 Å². The van der Waals surface area contributed by atoms with Gasteiger partial charge in [-0.25, -0.2) is 0 Å². The van der Waals surface area contributed by atoms with Crippen LogP contribution in [0.25, 0.3) is 0 Å². The summed E-state index contributed by atoms with van der Waals surface area (Å²) in [5.74, 6) is 9.14.